The van der Waals surface area contributed by atoms with Crippen molar-refractivity contribution in [2.75, 3.05) is 12.3 Å². The number of rotatable bonds is 7. The van der Waals surface area contributed by atoms with Crippen LogP contribution < -0.4 is 10.6 Å². The maximum Gasteiger partial charge on any atom is 0.230 e. The molecule has 4 heteroatoms. The highest BCUT2D eigenvalue weighted by molar-refractivity contribution is 8.00. The molecule has 2 rings (SSSR count). The van der Waals surface area contributed by atoms with Gasteiger partial charge >= 0.3 is 0 Å². The van der Waals surface area contributed by atoms with Gasteiger partial charge in [0.25, 0.3) is 0 Å². The summed E-state index contributed by atoms with van der Waals surface area (Å²) in [5.74, 6) is 0.685. The summed E-state index contributed by atoms with van der Waals surface area (Å²) >= 11 is 1.62. The van der Waals surface area contributed by atoms with E-state index >= 15 is 0 Å². The van der Waals surface area contributed by atoms with E-state index < -0.39 is 0 Å². The first-order chi connectivity index (χ1) is 10.3. The van der Waals surface area contributed by atoms with Crippen LogP contribution in [-0.2, 0) is 11.3 Å². The van der Waals surface area contributed by atoms with Gasteiger partial charge in [-0.05, 0) is 37.1 Å². The molecule has 21 heavy (non-hydrogen) atoms. The van der Waals surface area contributed by atoms with E-state index in [0.717, 1.165) is 25.9 Å². The van der Waals surface area contributed by atoms with Crippen LogP contribution in [0.15, 0.2) is 29.2 Å². The Balaban J connectivity index is 1.75. The molecule has 116 valence electrons. The smallest absolute Gasteiger partial charge is 0.230 e. The fourth-order valence-corrected chi connectivity index (χ4v) is 3.47. The Labute approximate surface area is 132 Å². The van der Waals surface area contributed by atoms with Gasteiger partial charge in [0, 0.05) is 17.5 Å². The van der Waals surface area contributed by atoms with Crippen LogP contribution in [0.1, 0.15) is 44.6 Å². The third kappa shape index (κ3) is 6.10. The van der Waals surface area contributed by atoms with Gasteiger partial charge in [0.05, 0.1) is 5.75 Å². The summed E-state index contributed by atoms with van der Waals surface area (Å²) in [5.41, 5.74) is 1.27. The molecule has 0 saturated heterocycles. The van der Waals surface area contributed by atoms with E-state index in [-0.39, 0.29) is 5.91 Å². The van der Waals surface area contributed by atoms with Gasteiger partial charge in [-0.1, -0.05) is 38.3 Å². The van der Waals surface area contributed by atoms with E-state index in [0.29, 0.717) is 11.8 Å². The van der Waals surface area contributed by atoms with Crippen LogP contribution in [0.5, 0.6) is 0 Å². The van der Waals surface area contributed by atoms with Crippen molar-refractivity contribution in [3.63, 3.8) is 0 Å². The number of benzene rings is 1. The minimum atomic E-state index is 0.170. The lowest BCUT2D eigenvalue weighted by Crippen LogP contribution is -2.37. The average molecular weight is 306 g/mol. The molecule has 0 spiro atoms. The first-order valence-corrected chi connectivity index (χ1v) is 8.98. The molecule has 0 heterocycles. The summed E-state index contributed by atoms with van der Waals surface area (Å²) in [7, 11) is 0. The lowest BCUT2D eigenvalue weighted by atomic mass is 9.95. The Morgan fingerprint density at radius 2 is 2.10 bits per heavy atom. The van der Waals surface area contributed by atoms with Gasteiger partial charge in [-0.2, -0.15) is 0 Å². The van der Waals surface area contributed by atoms with Crippen LogP contribution in [0.25, 0.3) is 0 Å². The third-order valence-corrected chi connectivity index (χ3v) is 4.81. The second-order valence-electron chi connectivity index (χ2n) is 5.62. The number of hydrogen-bond acceptors (Lipinski definition) is 3. The molecule has 2 N–H and O–H groups in total. The maximum atomic E-state index is 12.0. The topological polar surface area (TPSA) is 41.1 Å². The number of thioether (sulfide) groups is 1. The summed E-state index contributed by atoms with van der Waals surface area (Å²) in [6.07, 6.45) is 6.12. The number of hydrogen-bond donors (Lipinski definition) is 2. The molecule has 0 radical (unpaired) electrons. The quantitative estimate of drug-likeness (QED) is 0.759. The first kappa shape index (κ1) is 16.4. The summed E-state index contributed by atoms with van der Waals surface area (Å²) in [6, 6.07) is 8.84. The summed E-state index contributed by atoms with van der Waals surface area (Å²) in [6.45, 7) is 3.97. The molecule has 0 bridgehead atoms. The van der Waals surface area contributed by atoms with Gasteiger partial charge in [-0.3, -0.25) is 4.79 Å². The SMILES string of the molecule is CCNCc1cccc(SCC(=O)NC2CCCCC2)c1. The zero-order chi connectivity index (χ0) is 14.9. The Bertz CT molecular complexity index is 444. The van der Waals surface area contributed by atoms with Crippen molar-refractivity contribution in [2.24, 2.45) is 0 Å². The largest absolute Gasteiger partial charge is 0.353 e. The van der Waals surface area contributed by atoms with Crippen LogP contribution in [0.3, 0.4) is 0 Å². The summed E-state index contributed by atoms with van der Waals surface area (Å²) in [4.78, 5) is 13.2. The standard InChI is InChI=1S/C17H26N2OS/c1-2-18-12-14-7-6-10-16(11-14)21-13-17(20)19-15-8-4-3-5-9-15/h6-7,10-11,15,18H,2-5,8-9,12-13H2,1H3,(H,19,20). The number of carbonyl (C=O) groups is 1. The maximum absolute atomic E-state index is 12.0. The molecule has 0 unspecified atom stereocenters. The number of carbonyl (C=O) groups excluding carboxylic acids is 1. The molecule has 3 nitrogen and oxygen atoms in total. The van der Waals surface area contributed by atoms with Crippen LogP contribution in [0, 0.1) is 0 Å². The lowest BCUT2D eigenvalue weighted by molar-refractivity contribution is -0.119. The third-order valence-electron chi connectivity index (χ3n) is 3.82. The van der Waals surface area contributed by atoms with Crippen molar-refractivity contribution >= 4 is 17.7 Å². The van der Waals surface area contributed by atoms with Crippen molar-refractivity contribution in [3.05, 3.63) is 29.8 Å². The monoisotopic (exact) mass is 306 g/mol. The zero-order valence-corrected chi connectivity index (χ0v) is 13.7. The average Bonchev–Trinajstić information content (AvgIpc) is 2.52. The molecular formula is C17H26N2OS. The van der Waals surface area contributed by atoms with Crippen molar-refractivity contribution in [1.29, 1.82) is 0 Å². The number of nitrogens with one attached hydrogen (secondary N) is 2. The Morgan fingerprint density at radius 1 is 1.29 bits per heavy atom. The van der Waals surface area contributed by atoms with Gasteiger partial charge in [-0.25, -0.2) is 0 Å². The Morgan fingerprint density at radius 3 is 2.86 bits per heavy atom. The molecule has 0 aromatic heterocycles. The van der Waals surface area contributed by atoms with Gasteiger partial charge in [0.2, 0.25) is 5.91 Å². The van der Waals surface area contributed by atoms with Crippen LogP contribution >= 0.6 is 11.8 Å². The highest BCUT2D eigenvalue weighted by Gasteiger charge is 2.15. The highest BCUT2D eigenvalue weighted by atomic mass is 32.2. The van der Waals surface area contributed by atoms with Gasteiger partial charge in [0.1, 0.15) is 0 Å². The second-order valence-corrected chi connectivity index (χ2v) is 6.67. The summed E-state index contributed by atoms with van der Waals surface area (Å²) < 4.78 is 0. The molecule has 1 aliphatic rings. The fourth-order valence-electron chi connectivity index (χ4n) is 2.68. The van der Waals surface area contributed by atoms with E-state index in [1.54, 1.807) is 11.8 Å². The predicted octanol–water partition coefficient (Wildman–Crippen LogP) is 3.34. The normalized spacial score (nSPS) is 15.9. The fraction of sp³-hybridized carbons (Fsp3) is 0.588. The van der Waals surface area contributed by atoms with E-state index in [2.05, 4.69) is 41.8 Å². The zero-order valence-electron chi connectivity index (χ0n) is 12.9. The highest BCUT2D eigenvalue weighted by Crippen LogP contribution is 2.20. The van der Waals surface area contributed by atoms with E-state index in [9.17, 15) is 4.79 Å². The molecular weight excluding hydrogens is 280 g/mol. The van der Waals surface area contributed by atoms with Crippen LogP contribution in [0.2, 0.25) is 0 Å². The number of amides is 1. The molecule has 1 amide bonds. The predicted molar refractivity (Wildman–Crippen MR) is 89.6 cm³/mol. The molecule has 1 aromatic rings. The van der Waals surface area contributed by atoms with E-state index in [1.807, 2.05) is 0 Å². The van der Waals surface area contributed by atoms with Gasteiger partial charge in [0.15, 0.2) is 0 Å². The molecule has 0 atom stereocenters. The molecule has 1 aliphatic carbocycles. The molecule has 1 saturated carbocycles. The minimum Gasteiger partial charge on any atom is -0.353 e. The lowest BCUT2D eigenvalue weighted by Gasteiger charge is -2.22. The minimum absolute atomic E-state index is 0.170. The van der Waals surface area contributed by atoms with Crippen LogP contribution in [0.4, 0.5) is 0 Å². The van der Waals surface area contributed by atoms with Crippen molar-refractivity contribution in [3.8, 4) is 0 Å². The van der Waals surface area contributed by atoms with Crippen molar-refractivity contribution < 1.29 is 4.79 Å². The first-order valence-electron chi connectivity index (χ1n) is 7.99. The van der Waals surface area contributed by atoms with Gasteiger partial charge in [-0.15, -0.1) is 11.8 Å². The van der Waals surface area contributed by atoms with Crippen molar-refractivity contribution in [2.45, 2.75) is 56.5 Å². The van der Waals surface area contributed by atoms with E-state index in [1.165, 1.54) is 29.7 Å². The molecule has 0 aliphatic heterocycles. The summed E-state index contributed by atoms with van der Waals surface area (Å²) in [5, 5.41) is 6.49. The van der Waals surface area contributed by atoms with E-state index in [4.69, 9.17) is 0 Å². The Kier molecular flexibility index (Phi) is 7.10. The van der Waals surface area contributed by atoms with Crippen molar-refractivity contribution in [1.82, 2.24) is 10.6 Å². The Hall–Kier alpha value is -1.00. The van der Waals surface area contributed by atoms with Crippen LogP contribution in [-0.4, -0.2) is 24.2 Å². The molecule has 1 aromatic carbocycles. The second kappa shape index (κ2) is 9.11. The van der Waals surface area contributed by atoms with Gasteiger partial charge < -0.3 is 10.6 Å². The molecule has 1 fully saturated rings.